The van der Waals surface area contributed by atoms with Crippen LogP contribution < -0.4 is 0 Å². The van der Waals surface area contributed by atoms with E-state index in [1.165, 1.54) is 96.3 Å². The van der Waals surface area contributed by atoms with Gasteiger partial charge in [0.2, 0.25) is 0 Å². The Balaban J connectivity index is 1.91. The predicted octanol–water partition coefficient (Wildman–Crippen LogP) is 10.6. The Kier molecular flexibility index (Phi) is 16.1. The van der Waals surface area contributed by atoms with E-state index >= 15 is 0 Å². The third-order valence-corrected chi connectivity index (χ3v) is 28.5. The molecule has 3 unspecified atom stereocenters. The molecule has 0 aromatic carbocycles. The van der Waals surface area contributed by atoms with E-state index in [1.807, 2.05) is 0 Å². The van der Waals surface area contributed by atoms with E-state index in [4.69, 9.17) is 26.6 Å². The molecule has 6 nitrogen and oxygen atoms in total. The SMILES string of the molecule is CCCCOC(C)[Si]1(C2CCCCC2)O[Si](C2CCCCC2)(C(C)OCCCC)O[Si](C2CCCCC2)(C(C)OCCCC)O1. The zero-order valence-corrected chi connectivity index (χ0v) is 33.4. The van der Waals surface area contributed by atoms with Gasteiger partial charge < -0.3 is 26.6 Å². The molecule has 45 heavy (non-hydrogen) atoms. The van der Waals surface area contributed by atoms with Crippen LogP contribution in [-0.4, -0.2) is 62.7 Å². The van der Waals surface area contributed by atoms with Gasteiger partial charge >= 0.3 is 25.7 Å². The van der Waals surface area contributed by atoms with Crippen LogP contribution in [0.25, 0.3) is 0 Å². The van der Waals surface area contributed by atoms with E-state index in [9.17, 15) is 0 Å². The summed E-state index contributed by atoms with van der Waals surface area (Å²) in [4.78, 5) is 0. The van der Waals surface area contributed by atoms with Crippen molar-refractivity contribution in [3.05, 3.63) is 0 Å². The molecule has 1 heterocycles. The first-order valence-electron chi connectivity index (χ1n) is 19.8. The Labute approximate surface area is 281 Å². The van der Waals surface area contributed by atoms with E-state index in [0.717, 1.165) is 58.3 Å². The predicted molar refractivity (Wildman–Crippen MR) is 192 cm³/mol. The summed E-state index contributed by atoms with van der Waals surface area (Å²) in [5.41, 5.74) is 1.28. The van der Waals surface area contributed by atoms with Gasteiger partial charge in [-0.05, 0) is 78.6 Å². The summed E-state index contributed by atoms with van der Waals surface area (Å²) in [6.45, 7) is 16.2. The van der Waals surface area contributed by atoms with Crippen molar-refractivity contribution >= 4 is 25.7 Å². The van der Waals surface area contributed by atoms with E-state index in [1.54, 1.807) is 0 Å². The maximum absolute atomic E-state index is 8.11. The zero-order chi connectivity index (χ0) is 32.2. The fourth-order valence-corrected chi connectivity index (χ4v) is 31.2. The largest absolute Gasteiger partial charge is 0.412 e. The second-order valence-electron chi connectivity index (χ2n) is 15.1. The molecule has 0 aromatic heterocycles. The van der Waals surface area contributed by atoms with E-state index in [0.29, 0.717) is 16.6 Å². The molecule has 3 saturated carbocycles. The van der Waals surface area contributed by atoms with Crippen LogP contribution in [0, 0.1) is 0 Å². The quantitative estimate of drug-likeness (QED) is 0.106. The Morgan fingerprint density at radius 1 is 0.444 bits per heavy atom. The summed E-state index contributed by atoms with van der Waals surface area (Å²) >= 11 is 0. The summed E-state index contributed by atoms with van der Waals surface area (Å²) in [5.74, 6) is 0. The van der Waals surface area contributed by atoms with Crippen molar-refractivity contribution in [3.8, 4) is 0 Å². The zero-order valence-electron chi connectivity index (χ0n) is 30.4. The molecule has 1 aliphatic heterocycles. The lowest BCUT2D eigenvalue weighted by atomic mass is 10.0. The van der Waals surface area contributed by atoms with Gasteiger partial charge in [0, 0.05) is 36.4 Å². The lowest BCUT2D eigenvalue weighted by molar-refractivity contribution is 0.0142. The first kappa shape index (κ1) is 38.2. The molecule has 3 aliphatic carbocycles. The van der Waals surface area contributed by atoms with Crippen LogP contribution in [0.4, 0.5) is 0 Å². The van der Waals surface area contributed by atoms with Gasteiger partial charge in [0.25, 0.3) is 0 Å². The van der Waals surface area contributed by atoms with Crippen molar-refractivity contribution in [2.45, 2.75) is 210 Å². The maximum Gasteiger partial charge on any atom is 0.353 e. The van der Waals surface area contributed by atoms with Gasteiger partial charge in [0.05, 0.1) is 17.2 Å². The number of ether oxygens (including phenoxy) is 3. The first-order valence-corrected chi connectivity index (χ1v) is 25.7. The lowest BCUT2D eigenvalue weighted by Gasteiger charge is -2.62. The molecule has 9 heteroatoms. The molecule has 0 bridgehead atoms. The Morgan fingerprint density at radius 3 is 0.911 bits per heavy atom. The third-order valence-electron chi connectivity index (χ3n) is 11.8. The molecule has 4 aliphatic rings. The number of rotatable bonds is 18. The average Bonchev–Trinajstić information content (AvgIpc) is 3.09. The smallest absolute Gasteiger partial charge is 0.353 e. The van der Waals surface area contributed by atoms with Gasteiger partial charge in [-0.2, -0.15) is 0 Å². The summed E-state index contributed by atoms with van der Waals surface area (Å²) in [6.07, 6.45) is 25.5. The van der Waals surface area contributed by atoms with Crippen LogP contribution in [0.15, 0.2) is 0 Å². The highest BCUT2D eigenvalue weighted by Gasteiger charge is 2.73. The van der Waals surface area contributed by atoms with Crippen LogP contribution in [-0.2, 0) is 26.6 Å². The Morgan fingerprint density at radius 2 is 0.689 bits per heavy atom. The molecule has 0 spiro atoms. The van der Waals surface area contributed by atoms with Crippen LogP contribution in [0.1, 0.15) is 176 Å². The van der Waals surface area contributed by atoms with Gasteiger partial charge in [-0.15, -0.1) is 0 Å². The van der Waals surface area contributed by atoms with Crippen molar-refractivity contribution in [3.63, 3.8) is 0 Å². The average molecular weight is 685 g/mol. The molecular weight excluding hydrogens is 613 g/mol. The monoisotopic (exact) mass is 684 g/mol. The van der Waals surface area contributed by atoms with Crippen LogP contribution in [0.3, 0.4) is 0 Å². The Hall–Kier alpha value is 0.411. The molecule has 264 valence electrons. The molecular formula is C36H72O6Si3. The summed E-state index contributed by atoms with van der Waals surface area (Å²) in [6, 6.07) is 0. The molecule has 0 aromatic rings. The molecule has 1 saturated heterocycles. The van der Waals surface area contributed by atoms with E-state index in [-0.39, 0.29) is 17.2 Å². The van der Waals surface area contributed by atoms with Crippen molar-refractivity contribution in [1.29, 1.82) is 0 Å². The molecule has 4 fully saturated rings. The minimum Gasteiger partial charge on any atom is -0.412 e. The molecule has 3 atom stereocenters. The van der Waals surface area contributed by atoms with Gasteiger partial charge in [0.15, 0.2) is 0 Å². The second kappa shape index (κ2) is 19.0. The first-order chi connectivity index (χ1) is 21.9. The van der Waals surface area contributed by atoms with Crippen molar-refractivity contribution in [1.82, 2.24) is 0 Å². The fourth-order valence-electron chi connectivity index (χ4n) is 8.88. The summed E-state index contributed by atoms with van der Waals surface area (Å²) in [7, 11) is -8.94. The van der Waals surface area contributed by atoms with E-state index in [2.05, 4.69) is 41.5 Å². The minimum absolute atomic E-state index is 0.0207. The van der Waals surface area contributed by atoms with Gasteiger partial charge in [-0.3, -0.25) is 0 Å². The second-order valence-corrected chi connectivity index (χ2v) is 26.7. The van der Waals surface area contributed by atoms with Gasteiger partial charge in [0.1, 0.15) is 0 Å². The highest BCUT2D eigenvalue weighted by Crippen LogP contribution is 2.56. The van der Waals surface area contributed by atoms with Crippen LogP contribution >= 0.6 is 0 Å². The molecule has 0 N–H and O–H groups in total. The topological polar surface area (TPSA) is 55.4 Å². The van der Waals surface area contributed by atoms with Gasteiger partial charge in [-0.25, -0.2) is 0 Å². The van der Waals surface area contributed by atoms with Crippen molar-refractivity contribution in [2.24, 2.45) is 0 Å². The maximum atomic E-state index is 8.11. The molecule has 4 rings (SSSR count). The standard InChI is InChI=1S/C36H72O6Si3/c1-7-10-28-37-31(4)43(34-22-16-13-17-23-34)40-44(32(5)38-29-11-8-2,35-24-18-14-19-25-35)42-45(41-43,33(6)39-30-12-9-3)36-26-20-15-21-27-36/h31-36H,7-30H2,1-6H3. The summed E-state index contributed by atoms with van der Waals surface area (Å²) in [5, 5.41) is 0. The van der Waals surface area contributed by atoms with Crippen LogP contribution in [0.2, 0.25) is 16.6 Å². The summed E-state index contributed by atoms with van der Waals surface area (Å²) < 4.78 is 45.1. The number of unbranched alkanes of at least 4 members (excludes halogenated alkanes) is 3. The Bertz CT molecular complexity index is 704. The molecule has 0 amide bonds. The van der Waals surface area contributed by atoms with E-state index < -0.39 is 25.7 Å². The fraction of sp³-hybridized carbons (Fsp3) is 1.00. The van der Waals surface area contributed by atoms with Crippen molar-refractivity contribution in [2.75, 3.05) is 19.8 Å². The highest BCUT2D eigenvalue weighted by molar-refractivity contribution is 6.97. The van der Waals surface area contributed by atoms with Crippen molar-refractivity contribution < 1.29 is 26.6 Å². The third kappa shape index (κ3) is 9.15. The van der Waals surface area contributed by atoms with Crippen LogP contribution in [0.5, 0.6) is 0 Å². The van der Waals surface area contributed by atoms with Gasteiger partial charge in [-0.1, -0.05) is 97.8 Å². The normalized spacial score (nSPS) is 33.2. The highest BCUT2D eigenvalue weighted by atomic mass is 28.5. The lowest BCUT2D eigenvalue weighted by Crippen LogP contribution is -2.82. The molecule has 0 radical (unpaired) electrons. The number of hydrogen-bond acceptors (Lipinski definition) is 6. The minimum atomic E-state index is -2.98. The number of hydrogen-bond donors (Lipinski definition) is 0.